The first kappa shape index (κ1) is 17.9. The van der Waals surface area contributed by atoms with Crippen molar-refractivity contribution in [2.75, 3.05) is 0 Å². The molecule has 4 aromatic rings. The molecule has 0 fully saturated rings. The maximum Gasteiger partial charge on any atom is 0.306 e. The Balaban J connectivity index is 1.39. The molecule has 0 saturated carbocycles. The van der Waals surface area contributed by atoms with E-state index in [9.17, 15) is 9.59 Å². The average Bonchev–Trinajstić information content (AvgIpc) is 2.71. The number of hydrogen-bond acceptors (Lipinski definition) is 5. The first-order valence-corrected chi connectivity index (χ1v) is 9.08. The molecule has 140 valence electrons. The van der Waals surface area contributed by atoms with E-state index in [1.165, 1.54) is 10.5 Å². The number of esters is 1. The normalized spacial score (nSPS) is 11.0. The number of nitrogens with zero attached hydrogens (tertiary/aromatic N) is 3. The van der Waals surface area contributed by atoms with Crippen LogP contribution >= 0.6 is 0 Å². The number of aromatic nitrogens is 3. The third-order valence-corrected chi connectivity index (χ3v) is 4.56. The van der Waals surface area contributed by atoms with Crippen molar-refractivity contribution in [1.82, 2.24) is 14.4 Å². The first-order chi connectivity index (χ1) is 13.6. The van der Waals surface area contributed by atoms with Crippen LogP contribution in [-0.4, -0.2) is 20.3 Å². The standard InChI is InChI=1S/C22H19N3O3/c1-15-5-4-12-25-20(26)13-18(24-22(15)25)14-28-21(27)11-10-17-9-8-16-6-2-3-7-19(16)23-17/h2-9,12-13H,10-11,14H2,1H3. The Morgan fingerprint density at radius 2 is 1.89 bits per heavy atom. The van der Waals surface area contributed by atoms with Gasteiger partial charge in [0.2, 0.25) is 0 Å². The lowest BCUT2D eigenvalue weighted by Gasteiger charge is -2.07. The third-order valence-electron chi connectivity index (χ3n) is 4.56. The van der Waals surface area contributed by atoms with Gasteiger partial charge >= 0.3 is 5.97 Å². The van der Waals surface area contributed by atoms with E-state index in [4.69, 9.17) is 4.74 Å². The Morgan fingerprint density at radius 3 is 2.79 bits per heavy atom. The average molecular weight is 373 g/mol. The second kappa shape index (κ2) is 7.60. The SMILES string of the molecule is Cc1cccn2c(=O)cc(COC(=O)CCc3ccc4ccccc4n3)nc12. The molecule has 0 atom stereocenters. The van der Waals surface area contributed by atoms with Crippen molar-refractivity contribution < 1.29 is 9.53 Å². The number of fused-ring (bicyclic) bond motifs is 2. The third kappa shape index (κ3) is 3.76. The Labute approximate surface area is 161 Å². The predicted octanol–water partition coefficient (Wildman–Crippen LogP) is 3.23. The van der Waals surface area contributed by atoms with Crippen molar-refractivity contribution in [3.8, 4) is 0 Å². The summed E-state index contributed by atoms with van der Waals surface area (Å²) >= 11 is 0. The highest BCUT2D eigenvalue weighted by molar-refractivity contribution is 5.78. The fourth-order valence-corrected chi connectivity index (χ4v) is 3.09. The molecule has 0 radical (unpaired) electrons. The van der Waals surface area contributed by atoms with Crippen LogP contribution < -0.4 is 5.56 Å². The van der Waals surface area contributed by atoms with Crippen LogP contribution in [-0.2, 0) is 22.6 Å². The molecule has 0 spiro atoms. The Hall–Kier alpha value is -3.54. The summed E-state index contributed by atoms with van der Waals surface area (Å²) in [5.41, 5.74) is 3.45. The fourth-order valence-electron chi connectivity index (χ4n) is 3.09. The minimum atomic E-state index is -0.346. The van der Waals surface area contributed by atoms with Crippen LogP contribution in [0.2, 0.25) is 0 Å². The summed E-state index contributed by atoms with van der Waals surface area (Å²) in [5.74, 6) is -0.346. The number of benzene rings is 1. The van der Waals surface area contributed by atoms with Gasteiger partial charge in [-0.2, -0.15) is 0 Å². The van der Waals surface area contributed by atoms with E-state index in [0.29, 0.717) is 17.8 Å². The van der Waals surface area contributed by atoms with Crippen LogP contribution in [0.15, 0.2) is 65.6 Å². The summed E-state index contributed by atoms with van der Waals surface area (Å²) in [5, 5.41) is 1.07. The highest BCUT2D eigenvalue weighted by atomic mass is 16.5. The van der Waals surface area contributed by atoms with E-state index in [0.717, 1.165) is 22.2 Å². The van der Waals surface area contributed by atoms with Gasteiger partial charge in [0.05, 0.1) is 17.6 Å². The fraction of sp³-hybridized carbons (Fsp3) is 0.182. The molecular weight excluding hydrogens is 354 g/mol. The minimum absolute atomic E-state index is 0.0238. The zero-order valence-electron chi connectivity index (χ0n) is 15.5. The Kier molecular flexibility index (Phi) is 4.85. The zero-order chi connectivity index (χ0) is 19.5. The summed E-state index contributed by atoms with van der Waals surface area (Å²) in [6.07, 6.45) is 2.39. The van der Waals surface area contributed by atoms with Crippen molar-refractivity contribution in [2.24, 2.45) is 0 Å². The number of carbonyl (C=O) groups excluding carboxylic acids is 1. The molecule has 6 nitrogen and oxygen atoms in total. The van der Waals surface area contributed by atoms with E-state index < -0.39 is 0 Å². The smallest absolute Gasteiger partial charge is 0.306 e. The van der Waals surface area contributed by atoms with E-state index in [1.54, 1.807) is 12.3 Å². The summed E-state index contributed by atoms with van der Waals surface area (Å²) in [7, 11) is 0. The lowest BCUT2D eigenvalue weighted by molar-refractivity contribution is -0.145. The van der Waals surface area contributed by atoms with Gasteiger partial charge in [0, 0.05) is 29.8 Å². The van der Waals surface area contributed by atoms with Crippen LogP contribution in [0.5, 0.6) is 0 Å². The second-order valence-corrected chi connectivity index (χ2v) is 6.63. The van der Waals surface area contributed by atoms with Crippen LogP contribution in [0.4, 0.5) is 0 Å². The molecule has 0 aliphatic heterocycles. The summed E-state index contributed by atoms with van der Waals surface area (Å²) in [6, 6.07) is 16.8. The number of ether oxygens (including phenoxy) is 1. The van der Waals surface area contributed by atoms with Crippen molar-refractivity contribution in [3.63, 3.8) is 0 Å². The molecule has 28 heavy (non-hydrogen) atoms. The van der Waals surface area contributed by atoms with Gasteiger partial charge in [0.15, 0.2) is 0 Å². The molecule has 0 amide bonds. The maximum absolute atomic E-state index is 12.2. The summed E-state index contributed by atoms with van der Waals surface area (Å²) in [4.78, 5) is 33.3. The zero-order valence-corrected chi connectivity index (χ0v) is 15.5. The van der Waals surface area contributed by atoms with Gasteiger partial charge in [-0.15, -0.1) is 0 Å². The maximum atomic E-state index is 12.2. The number of para-hydroxylation sites is 1. The minimum Gasteiger partial charge on any atom is -0.459 e. The number of hydrogen-bond donors (Lipinski definition) is 0. The monoisotopic (exact) mass is 373 g/mol. The van der Waals surface area contributed by atoms with Crippen molar-refractivity contribution in [3.05, 3.63) is 88.1 Å². The van der Waals surface area contributed by atoms with Crippen LogP contribution in [0, 0.1) is 6.92 Å². The second-order valence-electron chi connectivity index (χ2n) is 6.63. The van der Waals surface area contributed by atoms with Crippen molar-refractivity contribution >= 4 is 22.5 Å². The van der Waals surface area contributed by atoms with Crippen LogP contribution in [0.1, 0.15) is 23.4 Å². The van der Waals surface area contributed by atoms with Gasteiger partial charge in [0.1, 0.15) is 12.3 Å². The van der Waals surface area contributed by atoms with Crippen LogP contribution in [0.3, 0.4) is 0 Å². The van der Waals surface area contributed by atoms with Gasteiger partial charge in [0.25, 0.3) is 5.56 Å². The number of pyridine rings is 2. The molecule has 0 bridgehead atoms. The van der Waals surface area contributed by atoms with Gasteiger partial charge < -0.3 is 4.74 Å². The summed E-state index contributed by atoms with van der Waals surface area (Å²) in [6.45, 7) is 1.86. The van der Waals surface area contributed by atoms with E-state index in [2.05, 4.69) is 9.97 Å². The van der Waals surface area contributed by atoms with E-state index in [-0.39, 0.29) is 24.6 Å². The lowest BCUT2D eigenvalue weighted by Crippen LogP contribution is -2.17. The Bertz CT molecular complexity index is 1230. The molecular formula is C22H19N3O3. The molecule has 6 heteroatoms. The lowest BCUT2D eigenvalue weighted by atomic mass is 10.1. The van der Waals surface area contributed by atoms with Gasteiger partial charge in [-0.3, -0.25) is 19.0 Å². The highest BCUT2D eigenvalue weighted by Gasteiger charge is 2.09. The van der Waals surface area contributed by atoms with Crippen molar-refractivity contribution in [1.29, 1.82) is 0 Å². The quantitative estimate of drug-likeness (QED) is 0.502. The molecule has 0 aliphatic rings. The Morgan fingerprint density at radius 1 is 1.04 bits per heavy atom. The molecule has 1 aromatic carbocycles. The predicted molar refractivity (Wildman–Crippen MR) is 106 cm³/mol. The number of carbonyl (C=O) groups is 1. The molecule has 3 heterocycles. The molecule has 0 unspecified atom stereocenters. The van der Waals surface area contributed by atoms with Gasteiger partial charge in [-0.05, 0) is 30.7 Å². The van der Waals surface area contributed by atoms with Crippen LogP contribution in [0.25, 0.3) is 16.6 Å². The molecule has 0 aliphatic carbocycles. The van der Waals surface area contributed by atoms with E-state index >= 15 is 0 Å². The molecule has 0 N–H and O–H groups in total. The molecule has 0 saturated heterocycles. The summed E-state index contributed by atoms with van der Waals surface area (Å²) < 4.78 is 6.78. The first-order valence-electron chi connectivity index (χ1n) is 9.08. The number of rotatable bonds is 5. The van der Waals surface area contributed by atoms with Crippen molar-refractivity contribution in [2.45, 2.75) is 26.4 Å². The molecule has 3 aromatic heterocycles. The van der Waals surface area contributed by atoms with E-state index in [1.807, 2.05) is 49.4 Å². The van der Waals surface area contributed by atoms with Gasteiger partial charge in [-0.25, -0.2) is 4.98 Å². The molecule has 4 rings (SSSR count). The highest BCUT2D eigenvalue weighted by Crippen LogP contribution is 2.13. The number of aryl methyl sites for hydroxylation is 2. The largest absolute Gasteiger partial charge is 0.459 e. The van der Waals surface area contributed by atoms with Gasteiger partial charge in [-0.1, -0.05) is 30.3 Å². The topological polar surface area (TPSA) is 73.6 Å².